The Morgan fingerprint density at radius 1 is 0.903 bits per heavy atom. The zero-order chi connectivity index (χ0) is 21.6. The molecule has 2 aromatic carbocycles. The third-order valence-corrected chi connectivity index (χ3v) is 5.83. The van der Waals surface area contributed by atoms with Crippen molar-refractivity contribution in [2.24, 2.45) is 0 Å². The van der Waals surface area contributed by atoms with E-state index in [9.17, 15) is 9.59 Å². The lowest BCUT2D eigenvalue weighted by Crippen LogP contribution is -2.32. The fraction of sp³-hybridized carbons (Fsp3) is 0.417. The molecule has 0 atom stereocenters. The largest absolute Gasteiger partial charge is 0.493 e. The molecule has 1 aliphatic heterocycles. The molecular formula is C24H29N3O4. The first-order chi connectivity index (χ1) is 15.1. The minimum atomic E-state index is -0.284. The lowest BCUT2D eigenvalue weighted by molar-refractivity contribution is 0.102. The van der Waals surface area contributed by atoms with Gasteiger partial charge in [-0.05, 0) is 68.9 Å². The molecule has 0 bridgehead atoms. The summed E-state index contributed by atoms with van der Waals surface area (Å²) in [6, 6.07) is 12.3. The van der Waals surface area contributed by atoms with Gasteiger partial charge in [-0.1, -0.05) is 12.1 Å². The number of rotatable bonds is 6. The number of anilines is 2. The van der Waals surface area contributed by atoms with Crippen LogP contribution in [0.25, 0.3) is 0 Å². The Bertz CT molecular complexity index is 934. The molecule has 2 aliphatic rings. The number of ether oxygens (including phenoxy) is 2. The van der Waals surface area contributed by atoms with Gasteiger partial charge in [0.1, 0.15) is 0 Å². The summed E-state index contributed by atoms with van der Waals surface area (Å²) < 4.78 is 11.5. The topological polar surface area (TPSA) is 79.9 Å². The van der Waals surface area contributed by atoms with Crippen molar-refractivity contribution < 1.29 is 19.1 Å². The first-order valence-corrected chi connectivity index (χ1v) is 10.9. The normalized spacial score (nSPS) is 16.2. The van der Waals surface area contributed by atoms with Crippen LogP contribution in [-0.2, 0) is 0 Å². The summed E-state index contributed by atoms with van der Waals surface area (Å²) in [5.74, 6) is 0.910. The SMILES string of the molecule is COc1cc(C(=O)Nc2ccccc2NC(=O)N2CCCC2)ccc1OC1CCCC1. The number of likely N-dealkylation sites (tertiary alicyclic amines) is 1. The van der Waals surface area contributed by atoms with Crippen molar-refractivity contribution in [2.45, 2.75) is 44.6 Å². The van der Waals surface area contributed by atoms with Crippen molar-refractivity contribution in [1.29, 1.82) is 0 Å². The highest BCUT2D eigenvalue weighted by atomic mass is 16.5. The van der Waals surface area contributed by atoms with E-state index in [0.717, 1.165) is 38.8 Å². The van der Waals surface area contributed by atoms with E-state index in [2.05, 4.69) is 10.6 Å². The van der Waals surface area contributed by atoms with Gasteiger partial charge in [-0.25, -0.2) is 4.79 Å². The lowest BCUT2D eigenvalue weighted by atomic mass is 10.1. The van der Waals surface area contributed by atoms with Crippen molar-refractivity contribution in [1.82, 2.24) is 4.90 Å². The van der Waals surface area contributed by atoms with Gasteiger partial charge in [0, 0.05) is 18.7 Å². The molecule has 0 radical (unpaired) electrons. The number of para-hydroxylation sites is 2. The van der Waals surface area contributed by atoms with Gasteiger partial charge in [0.15, 0.2) is 11.5 Å². The second kappa shape index (κ2) is 9.73. The van der Waals surface area contributed by atoms with Gasteiger partial charge in [0.05, 0.1) is 24.6 Å². The average molecular weight is 424 g/mol. The maximum Gasteiger partial charge on any atom is 0.321 e. The number of urea groups is 1. The zero-order valence-electron chi connectivity index (χ0n) is 17.9. The average Bonchev–Trinajstić information content (AvgIpc) is 3.49. The van der Waals surface area contributed by atoms with Crippen LogP contribution >= 0.6 is 0 Å². The fourth-order valence-corrected chi connectivity index (χ4v) is 4.10. The standard InChI is InChI=1S/C24H29N3O4/c1-30-22-16-17(12-13-21(22)31-18-8-2-3-9-18)23(28)25-19-10-4-5-11-20(19)26-24(29)27-14-6-7-15-27/h4-5,10-13,16,18H,2-3,6-9,14-15H2,1H3,(H,25,28)(H,26,29). The maximum absolute atomic E-state index is 12.9. The Hall–Kier alpha value is -3.22. The summed E-state index contributed by atoms with van der Waals surface area (Å²) in [5.41, 5.74) is 1.57. The molecule has 2 fully saturated rings. The highest BCUT2D eigenvalue weighted by Gasteiger charge is 2.21. The number of nitrogens with zero attached hydrogens (tertiary/aromatic N) is 1. The second-order valence-electron chi connectivity index (χ2n) is 8.01. The van der Waals surface area contributed by atoms with Crippen LogP contribution in [0.5, 0.6) is 11.5 Å². The van der Waals surface area contributed by atoms with Crippen LogP contribution in [0, 0.1) is 0 Å². The smallest absolute Gasteiger partial charge is 0.321 e. The van der Waals surface area contributed by atoms with Gasteiger partial charge in [-0.15, -0.1) is 0 Å². The van der Waals surface area contributed by atoms with Crippen LogP contribution in [0.2, 0.25) is 0 Å². The van der Waals surface area contributed by atoms with Gasteiger partial charge in [-0.2, -0.15) is 0 Å². The molecule has 164 valence electrons. The van der Waals surface area contributed by atoms with Gasteiger partial charge in [-0.3, -0.25) is 4.79 Å². The van der Waals surface area contributed by atoms with E-state index >= 15 is 0 Å². The predicted molar refractivity (Wildman–Crippen MR) is 120 cm³/mol. The minimum absolute atomic E-state index is 0.144. The van der Waals surface area contributed by atoms with Gasteiger partial charge in [0.25, 0.3) is 5.91 Å². The van der Waals surface area contributed by atoms with Crippen molar-refractivity contribution in [2.75, 3.05) is 30.8 Å². The van der Waals surface area contributed by atoms with E-state index in [1.54, 1.807) is 42.3 Å². The van der Waals surface area contributed by atoms with Crippen molar-refractivity contribution >= 4 is 23.3 Å². The Kier molecular flexibility index (Phi) is 6.60. The van der Waals surface area contributed by atoms with E-state index < -0.39 is 0 Å². The molecule has 2 N–H and O–H groups in total. The molecule has 0 aromatic heterocycles. The zero-order valence-corrected chi connectivity index (χ0v) is 17.9. The molecule has 7 nitrogen and oxygen atoms in total. The number of methoxy groups -OCH3 is 1. The molecule has 0 spiro atoms. The third kappa shape index (κ3) is 5.10. The minimum Gasteiger partial charge on any atom is -0.493 e. The fourth-order valence-electron chi connectivity index (χ4n) is 4.10. The maximum atomic E-state index is 12.9. The Morgan fingerprint density at radius 2 is 1.58 bits per heavy atom. The van der Waals surface area contributed by atoms with E-state index in [1.807, 2.05) is 12.1 Å². The van der Waals surface area contributed by atoms with Crippen LogP contribution in [0.4, 0.5) is 16.2 Å². The van der Waals surface area contributed by atoms with Crippen LogP contribution in [0.1, 0.15) is 48.9 Å². The van der Waals surface area contributed by atoms with Crippen LogP contribution in [-0.4, -0.2) is 43.1 Å². The molecule has 1 aliphatic carbocycles. The molecule has 1 saturated heterocycles. The lowest BCUT2D eigenvalue weighted by Gasteiger charge is -2.19. The number of hydrogen-bond donors (Lipinski definition) is 2. The van der Waals surface area contributed by atoms with Gasteiger partial charge < -0.3 is 25.0 Å². The van der Waals surface area contributed by atoms with E-state index in [4.69, 9.17) is 9.47 Å². The summed E-state index contributed by atoms with van der Waals surface area (Å²) in [4.78, 5) is 27.1. The number of amides is 3. The second-order valence-corrected chi connectivity index (χ2v) is 8.01. The van der Waals surface area contributed by atoms with Crippen molar-refractivity contribution in [3.8, 4) is 11.5 Å². The van der Waals surface area contributed by atoms with Crippen LogP contribution < -0.4 is 20.1 Å². The van der Waals surface area contributed by atoms with Crippen molar-refractivity contribution in [3.05, 3.63) is 48.0 Å². The number of hydrogen-bond acceptors (Lipinski definition) is 4. The molecule has 7 heteroatoms. The molecule has 4 rings (SSSR count). The quantitative estimate of drug-likeness (QED) is 0.693. The first-order valence-electron chi connectivity index (χ1n) is 10.9. The van der Waals surface area contributed by atoms with E-state index in [-0.39, 0.29) is 18.0 Å². The molecule has 1 saturated carbocycles. The molecule has 2 aromatic rings. The summed E-state index contributed by atoms with van der Waals surface area (Å²) in [6.45, 7) is 1.52. The third-order valence-electron chi connectivity index (χ3n) is 5.83. The highest BCUT2D eigenvalue weighted by molar-refractivity contribution is 6.07. The Morgan fingerprint density at radius 3 is 2.26 bits per heavy atom. The molecule has 3 amide bonds. The first kappa shape index (κ1) is 21.0. The number of carbonyl (C=O) groups is 2. The van der Waals surface area contributed by atoms with Crippen molar-refractivity contribution in [3.63, 3.8) is 0 Å². The Labute approximate surface area is 182 Å². The van der Waals surface area contributed by atoms with E-state index in [0.29, 0.717) is 28.4 Å². The van der Waals surface area contributed by atoms with E-state index in [1.165, 1.54) is 12.8 Å². The predicted octanol–water partition coefficient (Wildman–Crippen LogP) is 4.90. The molecular weight excluding hydrogens is 394 g/mol. The molecule has 31 heavy (non-hydrogen) atoms. The highest BCUT2D eigenvalue weighted by Crippen LogP contribution is 2.33. The van der Waals surface area contributed by atoms with Crippen LogP contribution in [0.3, 0.4) is 0 Å². The van der Waals surface area contributed by atoms with Gasteiger partial charge >= 0.3 is 6.03 Å². The Balaban J connectivity index is 1.46. The summed E-state index contributed by atoms with van der Waals surface area (Å²) >= 11 is 0. The summed E-state index contributed by atoms with van der Waals surface area (Å²) in [6.07, 6.45) is 6.71. The number of carbonyl (C=O) groups excluding carboxylic acids is 2. The monoisotopic (exact) mass is 423 g/mol. The summed E-state index contributed by atoms with van der Waals surface area (Å²) in [7, 11) is 1.57. The molecule has 0 unspecified atom stereocenters. The number of benzene rings is 2. The number of nitrogens with one attached hydrogen (secondary N) is 2. The molecule has 1 heterocycles. The summed E-state index contributed by atoms with van der Waals surface area (Å²) in [5, 5.41) is 5.81. The van der Waals surface area contributed by atoms with Crippen LogP contribution in [0.15, 0.2) is 42.5 Å². The van der Waals surface area contributed by atoms with Gasteiger partial charge in [0.2, 0.25) is 0 Å².